The van der Waals surface area contributed by atoms with Crippen LogP contribution in [-0.4, -0.2) is 53.4 Å². The molecule has 2 aromatic carbocycles. The fourth-order valence-electron chi connectivity index (χ4n) is 4.27. The Morgan fingerprint density at radius 3 is 2.36 bits per heavy atom. The Kier molecular flexibility index (Phi) is 9.75. The molecule has 1 aliphatic heterocycles. The zero-order chi connectivity index (χ0) is 22.2. The lowest BCUT2D eigenvalue weighted by Crippen LogP contribution is -2.48. The lowest BCUT2D eigenvalue weighted by Gasteiger charge is -2.35. The molecule has 1 N–H and O–H groups in total. The molecular formula is C26H34IN5O. The first-order chi connectivity index (χ1) is 15.7. The Morgan fingerprint density at radius 2 is 1.79 bits per heavy atom. The third-order valence-corrected chi connectivity index (χ3v) is 5.88. The highest BCUT2D eigenvalue weighted by Gasteiger charge is 2.25. The maximum atomic E-state index is 6.02. The van der Waals surface area contributed by atoms with Gasteiger partial charge in [-0.15, -0.1) is 24.0 Å². The van der Waals surface area contributed by atoms with E-state index in [1.54, 1.807) is 0 Å². The largest absolute Gasteiger partial charge is 0.370 e. The number of halogens is 1. The summed E-state index contributed by atoms with van der Waals surface area (Å²) in [5.74, 6) is 1.29. The van der Waals surface area contributed by atoms with Crippen LogP contribution in [0.25, 0.3) is 0 Å². The summed E-state index contributed by atoms with van der Waals surface area (Å²) in [5, 5.41) is 7.78. The van der Waals surface area contributed by atoms with Crippen LogP contribution < -0.4 is 5.32 Å². The highest BCUT2D eigenvalue weighted by atomic mass is 127. The zero-order valence-electron chi connectivity index (χ0n) is 19.4. The summed E-state index contributed by atoms with van der Waals surface area (Å²) >= 11 is 0. The van der Waals surface area contributed by atoms with Crippen molar-refractivity contribution in [3.63, 3.8) is 0 Å². The number of aromatic nitrogens is 2. The van der Waals surface area contributed by atoms with Gasteiger partial charge in [-0.25, -0.2) is 0 Å². The quantitative estimate of drug-likeness (QED) is 0.261. The minimum atomic E-state index is 0. The van der Waals surface area contributed by atoms with Gasteiger partial charge in [-0.2, -0.15) is 5.10 Å². The van der Waals surface area contributed by atoms with E-state index < -0.39 is 0 Å². The lowest BCUT2D eigenvalue weighted by molar-refractivity contribution is -0.00804. The standard InChI is InChI=1S/C26H33N5O.HI/c1-3-27-26(31-16-17-32-25(20-31)23-18-29-30(2)19-23)28-15-14-24(21-10-6-4-7-11-21)22-12-8-5-9-13-22;/h4-13,18-19,24-25H,3,14-17,20H2,1-2H3,(H,27,28);1H. The first-order valence-electron chi connectivity index (χ1n) is 11.5. The molecule has 1 fully saturated rings. The van der Waals surface area contributed by atoms with Crippen molar-refractivity contribution in [1.82, 2.24) is 20.0 Å². The van der Waals surface area contributed by atoms with Gasteiger partial charge in [0, 0.05) is 44.4 Å². The van der Waals surface area contributed by atoms with Gasteiger partial charge in [0.25, 0.3) is 0 Å². The molecule has 7 heteroatoms. The summed E-state index contributed by atoms with van der Waals surface area (Å²) in [6, 6.07) is 21.5. The van der Waals surface area contributed by atoms with Crippen LogP contribution in [-0.2, 0) is 11.8 Å². The molecule has 1 aromatic heterocycles. The molecule has 4 rings (SSSR count). The summed E-state index contributed by atoms with van der Waals surface area (Å²) in [5.41, 5.74) is 3.78. The monoisotopic (exact) mass is 559 g/mol. The number of aliphatic imine (C=N–C) groups is 1. The van der Waals surface area contributed by atoms with Gasteiger partial charge in [0.2, 0.25) is 0 Å². The SMILES string of the molecule is CCNC(=NCCC(c1ccccc1)c1ccccc1)N1CCOC(c2cnn(C)c2)C1.I. The van der Waals surface area contributed by atoms with Crippen molar-refractivity contribution in [3.8, 4) is 0 Å². The van der Waals surface area contributed by atoms with Gasteiger partial charge in [-0.1, -0.05) is 60.7 Å². The Labute approximate surface area is 214 Å². The van der Waals surface area contributed by atoms with Gasteiger partial charge in [-0.05, 0) is 24.5 Å². The van der Waals surface area contributed by atoms with Crippen molar-refractivity contribution < 1.29 is 4.74 Å². The molecule has 1 aliphatic rings. The van der Waals surface area contributed by atoms with Crippen molar-refractivity contribution in [2.24, 2.45) is 12.0 Å². The zero-order valence-corrected chi connectivity index (χ0v) is 21.8. The maximum Gasteiger partial charge on any atom is 0.194 e. The van der Waals surface area contributed by atoms with Gasteiger partial charge < -0.3 is 15.0 Å². The number of benzene rings is 2. The number of guanidine groups is 1. The van der Waals surface area contributed by atoms with Gasteiger partial charge in [-0.3, -0.25) is 9.67 Å². The molecule has 3 aromatic rings. The third kappa shape index (κ3) is 6.80. The van der Waals surface area contributed by atoms with Crippen LogP contribution >= 0.6 is 24.0 Å². The lowest BCUT2D eigenvalue weighted by atomic mass is 9.89. The van der Waals surface area contributed by atoms with Crippen molar-refractivity contribution >= 4 is 29.9 Å². The van der Waals surface area contributed by atoms with Crippen molar-refractivity contribution in [1.29, 1.82) is 0 Å². The summed E-state index contributed by atoms with van der Waals surface area (Å²) in [7, 11) is 1.94. The second-order valence-corrected chi connectivity index (χ2v) is 8.15. The van der Waals surface area contributed by atoms with Gasteiger partial charge in [0.05, 0.1) is 19.3 Å². The number of morpholine rings is 1. The molecular weight excluding hydrogens is 525 g/mol. The molecule has 33 heavy (non-hydrogen) atoms. The molecule has 6 nitrogen and oxygen atoms in total. The maximum absolute atomic E-state index is 6.02. The molecule has 0 amide bonds. The number of hydrogen-bond donors (Lipinski definition) is 1. The first-order valence-corrected chi connectivity index (χ1v) is 11.5. The highest BCUT2D eigenvalue weighted by Crippen LogP contribution is 2.28. The minimum absolute atomic E-state index is 0. The minimum Gasteiger partial charge on any atom is -0.370 e. The molecule has 0 spiro atoms. The Bertz CT molecular complexity index is 953. The van der Waals surface area contributed by atoms with E-state index in [0.717, 1.165) is 44.1 Å². The van der Waals surface area contributed by atoms with Crippen molar-refractivity contribution in [3.05, 3.63) is 89.7 Å². The van der Waals surface area contributed by atoms with E-state index in [1.165, 1.54) is 11.1 Å². The Hall–Kier alpha value is -2.39. The molecule has 1 atom stereocenters. The van der Waals surface area contributed by atoms with Crippen LogP contribution in [0.2, 0.25) is 0 Å². The van der Waals surface area contributed by atoms with Crippen LogP contribution in [0, 0.1) is 0 Å². The molecule has 1 saturated heterocycles. The third-order valence-electron chi connectivity index (χ3n) is 5.88. The number of nitrogens with zero attached hydrogens (tertiary/aromatic N) is 4. The molecule has 0 saturated carbocycles. The van der Waals surface area contributed by atoms with E-state index in [9.17, 15) is 0 Å². The number of rotatable bonds is 7. The summed E-state index contributed by atoms with van der Waals surface area (Å²) in [6.07, 6.45) is 4.90. The second-order valence-electron chi connectivity index (χ2n) is 8.15. The number of hydrogen-bond acceptors (Lipinski definition) is 3. The van der Waals surface area contributed by atoms with Crippen LogP contribution in [0.1, 0.15) is 42.1 Å². The highest BCUT2D eigenvalue weighted by molar-refractivity contribution is 14.0. The van der Waals surface area contributed by atoms with Crippen LogP contribution in [0.4, 0.5) is 0 Å². The fraction of sp³-hybridized carbons (Fsp3) is 0.385. The average molecular weight is 559 g/mol. The summed E-state index contributed by atoms with van der Waals surface area (Å²) < 4.78 is 7.84. The molecule has 176 valence electrons. The topological polar surface area (TPSA) is 54.7 Å². The number of aryl methyl sites for hydroxylation is 1. The molecule has 1 unspecified atom stereocenters. The van der Waals surface area contributed by atoms with Gasteiger partial charge >= 0.3 is 0 Å². The van der Waals surface area contributed by atoms with Gasteiger partial charge in [0.15, 0.2) is 5.96 Å². The van der Waals surface area contributed by atoms with Crippen molar-refractivity contribution in [2.75, 3.05) is 32.8 Å². The molecule has 0 radical (unpaired) electrons. The van der Waals surface area contributed by atoms with Crippen LogP contribution in [0.15, 0.2) is 78.0 Å². The van der Waals surface area contributed by atoms with Crippen LogP contribution in [0.3, 0.4) is 0 Å². The fourth-order valence-corrected chi connectivity index (χ4v) is 4.27. The number of ether oxygens (including phenoxy) is 1. The smallest absolute Gasteiger partial charge is 0.194 e. The average Bonchev–Trinajstić information content (AvgIpc) is 3.29. The molecule has 0 aliphatic carbocycles. The van der Waals surface area contributed by atoms with E-state index in [4.69, 9.17) is 9.73 Å². The predicted octanol–water partition coefficient (Wildman–Crippen LogP) is 4.60. The van der Waals surface area contributed by atoms with E-state index >= 15 is 0 Å². The Morgan fingerprint density at radius 1 is 1.12 bits per heavy atom. The summed E-state index contributed by atoms with van der Waals surface area (Å²) in [4.78, 5) is 7.33. The molecule has 0 bridgehead atoms. The molecule has 2 heterocycles. The van der Waals surface area contributed by atoms with E-state index in [1.807, 2.05) is 24.1 Å². The predicted molar refractivity (Wildman–Crippen MR) is 144 cm³/mol. The second kappa shape index (κ2) is 12.7. The Balaban J connectivity index is 0.00000306. The van der Waals surface area contributed by atoms with E-state index in [-0.39, 0.29) is 30.1 Å². The summed E-state index contributed by atoms with van der Waals surface area (Å²) in [6.45, 7) is 6.01. The van der Waals surface area contributed by atoms with Crippen LogP contribution in [0.5, 0.6) is 0 Å². The van der Waals surface area contributed by atoms with Crippen molar-refractivity contribution in [2.45, 2.75) is 25.4 Å². The number of nitrogens with one attached hydrogen (secondary N) is 1. The normalized spacial score (nSPS) is 16.5. The first kappa shape index (κ1) is 25.2. The van der Waals surface area contributed by atoms with E-state index in [2.05, 4.69) is 82.9 Å². The van der Waals surface area contributed by atoms with Gasteiger partial charge in [0.1, 0.15) is 6.10 Å². The van der Waals surface area contributed by atoms with E-state index in [0.29, 0.717) is 12.5 Å².